The lowest BCUT2D eigenvalue weighted by Gasteiger charge is -2.23. The van der Waals surface area contributed by atoms with Gasteiger partial charge in [-0.25, -0.2) is 0 Å². The predicted molar refractivity (Wildman–Crippen MR) is 296 cm³/mol. The van der Waals surface area contributed by atoms with Gasteiger partial charge < -0.3 is 9.13 Å². The zero-order valence-electron chi connectivity index (χ0n) is 40.8. The molecule has 78 heavy (non-hydrogen) atoms. The third-order valence-corrected chi connectivity index (χ3v) is 14.4. The Balaban J connectivity index is 1.30. The number of hydrogen-bond acceptors (Lipinski definition) is 6. The van der Waals surface area contributed by atoms with Crippen LogP contribution in [0.1, 0.15) is 38.9 Å². The fraction of sp³-hybridized carbons (Fsp3) is 0.0149. The first kappa shape index (κ1) is 47.5. The molecular formula is C67H33F3N8. The highest BCUT2D eigenvalue weighted by molar-refractivity contribution is 6.13. The summed E-state index contributed by atoms with van der Waals surface area (Å²) < 4.78 is 55.3. The van der Waals surface area contributed by atoms with Crippen LogP contribution >= 0.6 is 0 Å². The van der Waals surface area contributed by atoms with Crippen LogP contribution in [0.25, 0.3) is 111 Å². The summed E-state index contributed by atoms with van der Waals surface area (Å²) in [5.74, 6) is 0. The molecule has 0 aliphatic heterocycles. The maximum absolute atomic E-state index is 17.4. The molecule has 0 atom stereocenters. The maximum atomic E-state index is 17.4. The Morgan fingerprint density at radius 3 is 0.846 bits per heavy atom. The van der Waals surface area contributed by atoms with Crippen LogP contribution in [0, 0.1) is 68.0 Å². The Kier molecular flexibility index (Phi) is 11.4. The van der Waals surface area contributed by atoms with E-state index >= 15 is 13.2 Å². The van der Waals surface area contributed by atoms with E-state index < -0.39 is 11.7 Å². The molecule has 8 nitrogen and oxygen atoms in total. The van der Waals surface area contributed by atoms with Gasteiger partial charge in [0.25, 0.3) is 0 Å². The van der Waals surface area contributed by atoms with Gasteiger partial charge in [0.1, 0.15) is 5.56 Å². The summed E-state index contributed by atoms with van der Waals surface area (Å²) in [7, 11) is 0. The van der Waals surface area contributed by atoms with Crippen molar-refractivity contribution in [1.29, 1.82) is 31.6 Å². The fourth-order valence-electron chi connectivity index (χ4n) is 10.9. The summed E-state index contributed by atoms with van der Waals surface area (Å²) in [6, 6.07) is 70.4. The lowest BCUT2D eigenvalue weighted by molar-refractivity contribution is -0.137. The van der Waals surface area contributed by atoms with Gasteiger partial charge in [-0.1, -0.05) is 121 Å². The topological polar surface area (TPSA) is 153 Å². The van der Waals surface area contributed by atoms with Crippen LogP contribution in [-0.4, -0.2) is 9.13 Å². The molecule has 0 radical (unpaired) electrons. The zero-order chi connectivity index (χ0) is 53.8. The molecule has 0 amide bonds. The number of hydrogen-bond donors (Lipinski definition) is 0. The average Bonchev–Trinajstić information content (AvgIpc) is 4.11. The lowest BCUT2D eigenvalue weighted by atomic mass is 9.96. The molecule has 11 heteroatoms. The summed E-state index contributed by atoms with van der Waals surface area (Å²) >= 11 is 0. The van der Waals surface area contributed by atoms with E-state index in [1.165, 1.54) is 30.3 Å². The van der Waals surface area contributed by atoms with Crippen molar-refractivity contribution in [3.8, 4) is 103 Å². The molecule has 0 aliphatic carbocycles. The summed E-state index contributed by atoms with van der Waals surface area (Å²) in [5.41, 5.74) is 6.57. The van der Waals surface area contributed by atoms with Gasteiger partial charge in [0, 0.05) is 21.5 Å². The van der Waals surface area contributed by atoms with Crippen molar-refractivity contribution in [3.63, 3.8) is 0 Å². The molecule has 0 unspecified atom stereocenters. The second kappa shape index (κ2) is 18.8. The quantitative estimate of drug-likeness (QED) is 0.155. The van der Waals surface area contributed by atoms with Gasteiger partial charge >= 0.3 is 6.18 Å². The van der Waals surface area contributed by atoms with E-state index in [-0.39, 0.29) is 28.1 Å². The first-order valence-corrected chi connectivity index (χ1v) is 24.4. The van der Waals surface area contributed by atoms with Crippen LogP contribution in [0.15, 0.2) is 200 Å². The van der Waals surface area contributed by atoms with Crippen LogP contribution in [-0.2, 0) is 6.18 Å². The Morgan fingerprint density at radius 1 is 0.295 bits per heavy atom. The molecule has 362 valence electrons. The van der Waals surface area contributed by atoms with Gasteiger partial charge in [0.15, 0.2) is 0 Å². The zero-order valence-corrected chi connectivity index (χ0v) is 40.8. The number of nitriles is 6. The lowest BCUT2D eigenvalue weighted by Crippen LogP contribution is -2.16. The van der Waals surface area contributed by atoms with Gasteiger partial charge in [-0.2, -0.15) is 44.7 Å². The number of aromatic nitrogens is 2. The van der Waals surface area contributed by atoms with Crippen molar-refractivity contribution < 1.29 is 13.2 Å². The van der Waals surface area contributed by atoms with Crippen molar-refractivity contribution in [2.75, 3.05) is 0 Å². The van der Waals surface area contributed by atoms with Gasteiger partial charge in [0.2, 0.25) is 0 Å². The molecule has 12 aromatic rings. The first-order valence-electron chi connectivity index (χ1n) is 24.4. The third-order valence-electron chi connectivity index (χ3n) is 14.4. The summed E-state index contributed by atoms with van der Waals surface area (Å²) in [6.07, 6.45) is -5.12. The molecule has 12 rings (SSSR count). The molecule has 0 saturated heterocycles. The van der Waals surface area contributed by atoms with Crippen LogP contribution in [0.2, 0.25) is 0 Å². The van der Waals surface area contributed by atoms with E-state index in [9.17, 15) is 31.6 Å². The summed E-state index contributed by atoms with van der Waals surface area (Å²) in [5, 5.41) is 64.1. The van der Waals surface area contributed by atoms with Crippen molar-refractivity contribution in [3.05, 3.63) is 239 Å². The van der Waals surface area contributed by atoms with Crippen LogP contribution in [0.5, 0.6) is 0 Å². The number of nitrogens with zero attached hydrogens (tertiary/aromatic N) is 8. The molecule has 2 heterocycles. The normalized spacial score (nSPS) is 11.2. The Morgan fingerprint density at radius 2 is 0.577 bits per heavy atom. The highest BCUT2D eigenvalue weighted by Crippen LogP contribution is 2.48. The average molecular weight is 1010 g/mol. The SMILES string of the molecule is N#Cc1cc(C#N)cc(-c2cc(-n3c4cc(-c5ccccc5C#N)ccc4c4ccc(-c5ccccc5C#N)cc43)c(C(F)(F)F)c(-n3c4cc(-c5ccccc5C#N)ccc4c4ccc(-c5ccccc5C#N)cc43)c2)c1. The summed E-state index contributed by atoms with van der Waals surface area (Å²) in [4.78, 5) is 0. The van der Waals surface area contributed by atoms with E-state index in [1.54, 1.807) is 130 Å². The monoisotopic (exact) mass is 1010 g/mol. The summed E-state index contributed by atoms with van der Waals surface area (Å²) in [6.45, 7) is 0. The van der Waals surface area contributed by atoms with Crippen molar-refractivity contribution in [2.24, 2.45) is 0 Å². The second-order valence-electron chi connectivity index (χ2n) is 18.6. The van der Waals surface area contributed by atoms with Gasteiger partial charge in [-0.15, -0.1) is 0 Å². The van der Waals surface area contributed by atoms with Gasteiger partial charge in [-0.05, 0) is 134 Å². The van der Waals surface area contributed by atoms with E-state index in [0.29, 0.717) is 116 Å². The van der Waals surface area contributed by atoms with Crippen LogP contribution in [0.3, 0.4) is 0 Å². The van der Waals surface area contributed by atoms with Crippen LogP contribution in [0.4, 0.5) is 13.2 Å². The van der Waals surface area contributed by atoms with Crippen LogP contribution < -0.4 is 0 Å². The minimum absolute atomic E-state index is 0.115. The minimum Gasteiger partial charge on any atom is -0.308 e. The number of alkyl halides is 3. The first-order chi connectivity index (χ1) is 38.0. The van der Waals surface area contributed by atoms with Crippen molar-refractivity contribution >= 4 is 43.6 Å². The second-order valence-corrected chi connectivity index (χ2v) is 18.6. The van der Waals surface area contributed by atoms with E-state index in [4.69, 9.17) is 0 Å². The largest absolute Gasteiger partial charge is 0.420 e. The molecular weight excluding hydrogens is 974 g/mol. The van der Waals surface area contributed by atoms with Gasteiger partial charge in [0.05, 0.1) is 103 Å². The molecule has 0 spiro atoms. The van der Waals surface area contributed by atoms with Crippen molar-refractivity contribution in [1.82, 2.24) is 9.13 Å². The molecule has 10 aromatic carbocycles. The Labute approximate surface area is 444 Å². The molecule has 0 bridgehead atoms. The molecule has 0 saturated carbocycles. The van der Waals surface area contributed by atoms with Gasteiger partial charge in [-0.3, -0.25) is 0 Å². The third kappa shape index (κ3) is 7.82. The number of rotatable bonds is 7. The number of benzene rings is 10. The van der Waals surface area contributed by atoms with Crippen molar-refractivity contribution in [2.45, 2.75) is 6.18 Å². The minimum atomic E-state index is -5.12. The number of halogens is 3. The molecule has 2 aromatic heterocycles. The molecule has 0 aliphatic rings. The highest BCUT2D eigenvalue weighted by Gasteiger charge is 2.40. The predicted octanol–water partition coefficient (Wildman–Crippen LogP) is 16.5. The van der Waals surface area contributed by atoms with E-state index in [1.807, 2.05) is 48.5 Å². The number of fused-ring (bicyclic) bond motifs is 6. The maximum Gasteiger partial charge on any atom is 0.420 e. The standard InChI is InChI=1S/C67H33F3N8/c68-67(69,70)66-64(77-60-28-42(52-13-5-1-9-46(52)36-73)17-21-56(60)57-22-18-43(29-61(57)77)53-14-6-2-10-47(53)37-74)32-51(50-26-40(34-71)25-41(27-50)35-72)33-65(66)78-62-30-44(54-15-7-3-11-48(54)38-75)19-23-58(62)59-24-20-45(31-63(59)78)55-16-8-4-12-49(55)39-76/h1-33H. The molecule has 0 N–H and O–H groups in total. The Hall–Kier alpha value is -11.5. The highest BCUT2D eigenvalue weighted by atomic mass is 19.4. The van der Waals surface area contributed by atoms with E-state index in [0.717, 1.165) is 0 Å². The van der Waals surface area contributed by atoms with E-state index in [2.05, 4.69) is 36.4 Å². The Bertz CT molecular complexity index is 4300. The fourth-order valence-corrected chi connectivity index (χ4v) is 10.9. The smallest absolute Gasteiger partial charge is 0.308 e. The molecule has 0 fully saturated rings.